The molecule has 3 aromatic rings. The Bertz CT molecular complexity index is 888. The average molecular weight is 383 g/mol. The number of hydrogen-bond acceptors (Lipinski definition) is 4. The molecule has 0 aliphatic carbocycles. The molecule has 6 heteroatoms. The van der Waals surface area contributed by atoms with Crippen LogP contribution in [0.25, 0.3) is 11.3 Å². The van der Waals surface area contributed by atoms with E-state index in [2.05, 4.69) is 27.2 Å². The lowest BCUT2D eigenvalue weighted by molar-refractivity contribution is 0.0966. The zero-order valence-corrected chi connectivity index (χ0v) is 16.1. The average Bonchev–Trinajstić information content (AvgIpc) is 3.04. The molecule has 0 unspecified atom stereocenters. The second-order valence-corrected chi connectivity index (χ2v) is 7.41. The Balaban J connectivity index is 1.40. The lowest BCUT2D eigenvalue weighted by atomic mass is 10.0. The van der Waals surface area contributed by atoms with E-state index in [1.165, 1.54) is 5.56 Å². The van der Waals surface area contributed by atoms with E-state index in [0.29, 0.717) is 0 Å². The van der Waals surface area contributed by atoms with Crippen LogP contribution in [0.1, 0.15) is 18.4 Å². The summed E-state index contributed by atoms with van der Waals surface area (Å²) in [6.07, 6.45) is 7.93. The molecule has 0 radical (unpaired) electrons. The third kappa shape index (κ3) is 4.49. The van der Waals surface area contributed by atoms with Crippen molar-refractivity contribution in [2.24, 2.45) is 7.05 Å². The number of benzene rings is 1. The summed E-state index contributed by atoms with van der Waals surface area (Å²) in [5, 5.41) is 5.39. The van der Waals surface area contributed by atoms with Crippen molar-refractivity contribution in [2.75, 3.05) is 13.1 Å². The minimum absolute atomic E-state index is 0.256. The first-order valence-corrected chi connectivity index (χ1v) is 9.62. The fraction of sp³-hybridized carbons (Fsp3) is 0.333. The Kier molecular flexibility index (Phi) is 5.41. The highest BCUT2D eigenvalue weighted by atomic mass is 35.5. The third-order valence-electron chi connectivity index (χ3n) is 4.87. The summed E-state index contributed by atoms with van der Waals surface area (Å²) in [6, 6.07) is 11.8. The number of likely N-dealkylation sites (tertiary alicyclic amines) is 1. The molecule has 0 saturated carbocycles. The van der Waals surface area contributed by atoms with Gasteiger partial charge in [0.2, 0.25) is 0 Å². The van der Waals surface area contributed by atoms with Gasteiger partial charge in [-0.2, -0.15) is 5.10 Å². The Hall–Kier alpha value is -2.37. The van der Waals surface area contributed by atoms with Crippen molar-refractivity contribution in [3.63, 3.8) is 0 Å². The van der Waals surface area contributed by atoms with Crippen LogP contribution in [0.4, 0.5) is 0 Å². The Morgan fingerprint density at radius 3 is 2.78 bits per heavy atom. The molecule has 0 atom stereocenters. The van der Waals surface area contributed by atoms with Crippen molar-refractivity contribution < 1.29 is 4.74 Å². The van der Waals surface area contributed by atoms with Crippen molar-refractivity contribution in [3.8, 4) is 17.0 Å². The van der Waals surface area contributed by atoms with Gasteiger partial charge >= 0.3 is 0 Å². The van der Waals surface area contributed by atoms with Crippen molar-refractivity contribution >= 4 is 11.6 Å². The van der Waals surface area contributed by atoms with Gasteiger partial charge in [-0.05, 0) is 37.1 Å². The van der Waals surface area contributed by atoms with Crippen LogP contribution in [-0.2, 0) is 13.6 Å². The van der Waals surface area contributed by atoms with Crippen LogP contribution in [0, 0.1) is 0 Å². The highest BCUT2D eigenvalue weighted by Crippen LogP contribution is 2.27. The quantitative estimate of drug-likeness (QED) is 0.664. The second kappa shape index (κ2) is 8.11. The van der Waals surface area contributed by atoms with Crippen molar-refractivity contribution in [1.29, 1.82) is 0 Å². The topological polar surface area (TPSA) is 43.2 Å². The molecule has 1 aromatic carbocycles. The van der Waals surface area contributed by atoms with E-state index in [1.807, 2.05) is 42.1 Å². The van der Waals surface area contributed by atoms with E-state index in [4.69, 9.17) is 16.3 Å². The van der Waals surface area contributed by atoms with Crippen LogP contribution in [0.2, 0.25) is 5.02 Å². The molecule has 0 amide bonds. The van der Waals surface area contributed by atoms with E-state index < -0.39 is 0 Å². The molecule has 1 aliphatic rings. The predicted molar refractivity (Wildman–Crippen MR) is 107 cm³/mol. The van der Waals surface area contributed by atoms with E-state index in [-0.39, 0.29) is 6.10 Å². The zero-order valence-electron chi connectivity index (χ0n) is 15.4. The van der Waals surface area contributed by atoms with Crippen LogP contribution < -0.4 is 4.74 Å². The monoisotopic (exact) mass is 382 g/mol. The second-order valence-electron chi connectivity index (χ2n) is 6.97. The van der Waals surface area contributed by atoms with Gasteiger partial charge in [0, 0.05) is 55.2 Å². The van der Waals surface area contributed by atoms with Gasteiger partial charge in [0.15, 0.2) is 0 Å². The number of halogens is 1. The lowest BCUT2D eigenvalue weighted by Crippen LogP contribution is -2.37. The number of aromatic nitrogens is 3. The molecule has 27 heavy (non-hydrogen) atoms. The van der Waals surface area contributed by atoms with Gasteiger partial charge in [0.05, 0.1) is 11.9 Å². The maximum absolute atomic E-state index is 6.16. The molecular weight excluding hydrogens is 360 g/mol. The summed E-state index contributed by atoms with van der Waals surface area (Å²) >= 11 is 6.16. The summed E-state index contributed by atoms with van der Waals surface area (Å²) in [4.78, 5) is 6.58. The maximum Gasteiger partial charge on any atom is 0.137 e. The first-order chi connectivity index (χ1) is 13.2. The van der Waals surface area contributed by atoms with Crippen LogP contribution >= 0.6 is 11.6 Å². The molecule has 0 spiro atoms. The lowest BCUT2D eigenvalue weighted by Gasteiger charge is -2.32. The summed E-state index contributed by atoms with van der Waals surface area (Å²) in [5.74, 6) is 0.853. The highest BCUT2D eigenvalue weighted by molar-refractivity contribution is 6.30. The van der Waals surface area contributed by atoms with Gasteiger partial charge in [-0.1, -0.05) is 23.7 Å². The first-order valence-electron chi connectivity index (χ1n) is 9.25. The molecule has 1 aliphatic heterocycles. The highest BCUT2D eigenvalue weighted by Gasteiger charge is 2.22. The summed E-state index contributed by atoms with van der Waals surface area (Å²) in [7, 11) is 1.96. The van der Waals surface area contributed by atoms with E-state index in [1.54, 1.807) is 12.4 Å². The molecule has 0 N–H and O–H groups in total. The third-order valence-corrected chi connectivity index (χ3v) is 5.10. The van der Waals surface area contributed by atoms with Gasteiger partial charge in [-0.3, -0.25) is 14.6 Å². The van der Waals surface area contributed by atoms with Crippen LogP contribution in [0.3, 0.4) is 0 Å². The van der Waals surface area contributed by atoms with Crippen molar-refractivity contribution in [2.45, 2.75) is 25.5 Å². The van der Waals surface area contributed by atoms with Gasteiger partial charge < -0.3 is 4.74 Å². The molecule has 0 bridgehead atoms. The number of pyridine rings is 1. The van der Waals surface area contributed by atoms with Crippen molar-refractivity contribution in [3.05, 3.63) is 65.6 Å². The van der Waals surface area contributed by atoms with Crippen LogP contribution in [0.15, 0.2) is 55.0 Å². The van der Waals surface area contributed by atoms with Crippen LogP contribution in [-0.4, -0.2) is 38.9 Å². The predicted octanol–water partition coefficient (Wildman–Crippen LogP) is 4.18. The van der Waals surface area contributed by atoms with Crippen molar-refractivity contribution in [1.82, 2.24) is 19.7 Å². The SMILES string of the molecule is Cn1cc(CN2CCC(Oc3cccnc3)CC2)c(-c2cccc(Cl)c2)n1. The van der Waals surface area contributed by atoms with Gasteiger partial charge in [-0.15, -0.1) is 0 Å². The summed E-state index contributed by atoms with van der Waals surface area (Å²) in [5.41, 5.74) is 3.30. The smallest absolute Gasteiger partial charge is 0.137 e. The minimum atomic E-state index is 0.256. The van der Waals surface area contributed by atoms with E-state index >= 15 is 0 Å². The number of aryl methyl sites for hydroxylation is 1. The summed E-state index contributed by atoms with van der Waals surface area (Å²) in [6.45, 7) is 2.90. The number of piperidine rings is 1. The zero-order chi connectivity index (χ0) is 18.6. The Morgan fingerprint density at radius 2 is 2.04 bits per heavy atom. The number of hydrogen-bond donors (Lipinski definition) is 0. The normalized spacial score (nSPS) is 15.8. The summed E-state index contributed by atoms with van der Waals surface area (Å²) < 4.78 is 7.92. The number of rotatable bonds is 5. The van der Waals surface area contributed by atoms with E-state index in [9.17, 15) is 0 Å². The Labute approximate surface area is 164 Å². The largest absolute Gasteiger partial charge is 0.489 e. The molecular formula is C21H23ClN4O. The van der Waals surface area contributed by atoms with Gasteiger partial charge in [0.1, 0.15) is 11.9 Å². The molecule has 1 fully saturated rings. The van der Waals surface area contributed by atoms with Gasteiger partial charge in [-0.25, -0.2) is 0 Å². The fourth-order valence-electron chi connectivity index (χ4n) is 3.57. The van der Waals surface area contributed by atoms with E-state index in [0.717, 1.165) is 54.5 Å². The fourth-order valence-corrected chi connectivity index (χ4v) is 3.76. The molecule has 4 rings (SSSR count). The molecule has 2 aromatic heterocycles. The Morgan fingerprint density at radius 1 is 1.19 bits per heavy atom. The standard InChI is InChI=1S/C21H23ClN4O/c1-25-14-17(21(24-25)16-4-2-5-18(22)12-16)15-26-10-7-19(8-11-26)27-20-6-3-9-23-13-20/h2-6,9,12-14,19H,7-8,10-11,15H2,1H3. The van der Waals surface area contributed by atoms with Crippen LogP contribution in [0.5, 0.6) is 5.75 Å². The maximum atomic E-state index is 6.16. The number of ether oxygens (including phenoxy) is 1. The minimum Gasteiger partial charge on any atom is -0.489 e. The first kappa shape index (κ1) is 18.0. The molecule has 1 saturated heterocycles. The molecule has 5 nitrogen and oxygen atoms in total. The number of nitrogens with zero attached hydrogens (tertiary/aromatic N) is 4. The van der Waals surface area contributed by atoms with Gasteiger partial charge in [0.25, 0.3) is 0 Å². The molecule has 140 valence electrons. The molecule has 3 heterocycles.